The van der Waals surface area contributed by atoms with E-state index in [4.69, 9.17) is 0 Å². The summed E-state index contributed by atoms with van der Waals surface area (Å²) in [7, 11) is 2.17. The molecular weight excluding hydrogens is 98.2 g/mol. The summed E-state index contributed by atoms with van der Waals surface area (Å²) in [6.07, 6.45) is 1.86. The third-order valence-corrected chi connectivity index (χ3v) is 2.24. The van der Waals surface area contributed by atoms with E-state index in [2.05, 4.69) is 4.64 Å². The van der Waals surface area contributed by atoms with Gasteiger partial charge in [-0.2, -0.15) is 10.8 Å². The molecule has 1 aromatic rings. The van der Waals surface area contributed by atoms with E-state index in [0.717, 1.165) is 0 Å². The number of hydrogen-bond acceptors (Lipinski definition) is 2. The fourth-order valence-corrected chi connectivity index (χ4v) is 1.58. The van der Waals surface area contributed by atoms with Crippen LogP contribution in [0.5, 0.6) is 0 Å². The Bertz CT molecular complexity index is 66.1. The lowest BCUT2D eigenvalue weighted by molar-refractivity contribution is 1.57. The number of hydrogen-bond donors (Lipinski definition) is 0. The van der Waals surface area contributed by atoms with E-state index >= 15 is 0 Å². The van der Waals surface area contributed by atoms with Crippen LogP contribution in [0.1, 0.15) is 0 Å². The molecule has 0 bridgehead atoms. The maximum Gasteiger partial charge on any atom is 0.204 e. The van der Waals surface area contributed by atoms with Crippen LogP contribution < -0.4 is 0 Å². The Morgan fingerprint density at radius 3 is 3.00 bits per heavy atom. The van der Waals surface area contributed by atoms with Crippen molar-refractivity contribution in [3.63, 3.8) is 0 Å². The average Bonchev–Trinajstić information content (AvgIpc) is 1.76. The molecule has 0 saturated carbocycles. The van der Waals surface area contributed by atoms with Gasteiger partial charge in [-0.15, -0.1) is 0 Å². The molecule has 1 nitrogen and oxygen atoms in total. The van der Waals surface area contributed by atoms with Crippen LogP contribution in [0.25, 0.3) is 0 Å². The van der Waals surface area contributed by atoms with Crippen molar-refractivity contribution >= 4 is 19.2 Å². The zero-order chi connectivity index (χ0) is 3.54. The summed E-state index contributed by atoms with van der Waals surface area (Å²) < 4.78 is 3.95. The highest BCUT2D eigenvalue weighted by atomic mass is 32.3. The minimum atomic E-state index is 0.356. The summed E-state index contributed by atoms with van der Waals surface area (Å²) in [5.74, 6) is 0. The Labute approximate surface area is 36.1 Å². The molecule has 0 aliphatic heterocycles. The van der Waals surface area contributed by atoms with Gasteiger partial charge in [0.1, 0.15) is 0 Å². The van der Waals surface area contributed by atoms with Crippen molar-refractivity contribution in [1.82, 2.24) is 4.64 Å². The van der Waals surface area contributed by atoms with E-state index in [1.165, 1.54) is 0 Å². The van der Waals surface area contributed by atoms with Crippen LogP contribution in [0.2, 0.25) is 0 Å². The molecule has 3 heteroatoms. The first-order valence-electron chi connectivity index (χ1n) is 1.32. The van der Waals surface area contributed by atoms with Crippen LogP contribution in [0, 0.1) is 0 Å². The molecular formula is C2H3NSSi. The lowest BCUT2D eigenvalue weighted by Gasteiger charge is -1.41. The van der Waals surface area contributed by atoms with E-state index in [9.17, 15) is 0 Å². The standard InChI is InChI=1S/C2H3NSSi/c1-2-4-5-3-1/h1-2,5H. The molecule has 1 aromatic heterocycles. The van der Waals surface area contributed by atoms with Crippen molar-refractivity contribution in [2.24, 2.45) is 0 Å². The molecule has 0 aliphatic rings. The van der Waals surface area contributed by atoms with Gasteiger partial charge >= 0.3 is 0 Å². The van der Waals surface area contributed by atoms with Gasteiger partial charge < -0.3 is 0 Å². The summed E-state index contributed by atoms with van der Waals surface area (Å²) in [5.41, 5.74) is 0. The summed E-state index contributed by atoms with van der Waals surface area (Å²) in [4.78, 5) is 0. The molecule has 5 heavy (non-hydrogen) atoms. The van der Waals surface area contributed by atoms with Gasteiger partial charge in [-0.25, -0.2) is 0 Å². The second-order valence-electron chi connectivity index (χ2n) is 0.676. The molecule has 0 saturated heterocycles. The van der Waals surface area contributed by atoms with Crippen LogP contribution in [0.15, 0.2) is 11.6 Å². The SMILES string of the molecule is c1cs[siH]n1. The van der Waals surface area contributed by atoms with Gasteiger partial charge in [-0.1, -0.05) is 0 Å². The van der Waals surface area contributed by atoms with Crippen LogP contribution in [-0.4, -0.2) is 13.1 Å². The van der Waals surface area contributed by atoms with Gasteiger partial charge in [0.05, 0.1) is 0 Å². The summed E-state index contributed by atoms with van der Waals surface area (Å²) in [6, 6.07) is 0. The Morgan fingerprint density at radius 2 is 2.80 bits per heavy atom. The van der Waals surface area contributed by atoms with E-state index in [1.54, 1.807) is 0 Å². The molecule has 0 aromatic carbocycles. The molecule has 0 spiro atoms. The molecule has 0 aliphatic carbocycles. The molecule has 0 radical (unpaired) electrons. The highest BCUT2D eigenvalue weighted by Crippen LogP contribution is 1.77. The predicted molar refractivity (Wildman–Crippen MR) is 24.9 cm³/mol. The molecule has 0 unspecified atom stereocenters. The second-order valence-corrected chi connectivity index (χ2v) is 3.18. The maximum atomic E-state index is 3.95. The average molecular weight is 101 g/mol. The minimum absolute atomic E-state index is 0.356. The normalized spacial score (nSPS) is 8.00. The Kier molecular flexibility index (Phi) is 0.904. The largest absolute Gasteiger partial charge is 0.296 e. The number of rotatable bonds is 0. The third kappa shape index (κ3) is 0.627. The second kappa shape index (κ2) is 1.42. The third-order valence-electron chi connectivity index (χ3n) is 0.347. The highest BCUT2D eigenvalue weighted by molar-refractivity contribution is 7.33. The zero-order valence-corrected chi connectivity index (χ0v) is 4.56. The van der Waals surface area contributed by atoms with Crippen molar-refractivity contribution in [3.8, 4) is 0 Å². The van der Waals surface area contributed by atoms with Crippen molar-refractivity contribution in [3.05, 3.63) is 11.6 Å². The van der Waals surface area contributed by atoms with Crippen molar-refractivity contribution < 1.29 is 0 Å². The first-order chi connectivity index (χ1) is 2.50. The fourth-order valence-electron chi connectivity index (χ4n) is 0.176. The molecule has 0 atom stereocenters. The highest BCUT2D eigenvalue weighted by Gasteiger charge is 1.60. The first kappa shape index (κ1) is 3.18. The minimum Gasteiger partial charge on any atom is -0.296 e. The zero-order valence-electron chi connectivity index (χ0n) is 2.59. The monoisotopic (exact) mass is 101 g/mol. The van der Waals surface area contributed by atoms with Gasteiger partial charge in [0.2, 0.25) is 8.41 Å². The summed E-state index contributed by atoms with van der Waals surface area (Å²) >= 11 is 0. The van der Waals surface area contributed by atoms with Gasteiger partial charge in [0.25, 0.3) is 0 Å². The quantitative estimate of drug-likeness (QED) is 0.426. The van der Waals surface area contributed by atoms with Gasteiger partial charge in [0.15, 0.2) is 0 Å². The molecule has 0 fully saturated rings. The van der Waals surface area contributed by atoms with Crippen LogP contribution in [0.3, 0.4) is 0 Å². The molecule has 1 rings (SSSR count). The lowest BCUT2D eigenvalue weighted by atomic mass is 11.1. The smallest absolute Gasteiger partial charge is 0.204 e. The Hall–Kier alpha value is -0.0231. The van der Waals surface area contributed by atoms with Crippen LogP contribution >= 0.6 is 10.8 Å². The summed E-state index contributed by atoms with van der Waals surface area (Å²) in [5, 5.41) is 2.02. The Balaban J connectivity index is 3.13. The van der Waals surface area contributed by atoms with Gasteiger partial charge in [0, 0.05) is 11.6 Å². The van der Waals surface area contributed by atoms with Gasteiger partial charge in [-0.05, 0) is 0 Å². The summed E-state index contributed by atoms with van der Waals surface area (Å²) in [6.45, 7) is 0. The molecule has 26 valence electrons. The van der Waals surface area contributed by atoms with E-state index in [-0.39, 0.29) is 0 Å². The number of aromatic nitrogens is 1. The predicted octanol–water partition coefficient (Wildman–Crippen LogP) is 0.213. The van der Waals surface area contributed by atoms with Gasteiger partial charge in [-0.3, -0.25) is 4.64 Å². The Morgan fingerprint density at radius 1 is 1.80 bits per heavy atom. The van der Waals surface area contributed by atoms with Crippen LogP contribution in [-0.2, 0) is 0 Å². The van der Waals surface area contributed by atoms with Crippen LogP contribution in [0.4, 0.5) is 0 Å². The first-order valence-corrected chi connectivity index (χ1v) is 4.19. The van der Waals surface area contributed by atoms with E-state index in [0.29, 0.717) is 8.41 Å². The van der Waals surface area contributed by atoms with Crippen molar-refractivity contribution in [2.75, 3.05) is 0 Å². The van der Waals surface area contributed by atoms with Crippen molar-refractivity contribution in [2.45, 2.75) is 0 Å². The van der Waals surface area contributed by atoms with Crippen molar-refractivity contribution in [1.29, 1.82) is 0 Å². The molecule has 1 heterocycles. The molecule has 0 amide bonds. The maximum absolute atomic E-state index is 3.95. The molecule has 0 N–H and O–H groups in total. The van der Waals surface area contributed by atoms with E-state index in [1.807, 2.05) is 22.3 Å². The topological polar surface area (TPSA) is 12.9 Å². The lowest BCUT2D eigenvalue weighted by Crippen LogP contribution is -1.53. The number of nitrogens with zero attached hydrogens (tertiary/aromatic N) is 1. The van der Waals surface area contributed by atoms with E-state index < -0.39 is 0 Å². The fraction of sp³-hybridized carbons (Fsp3) is 0.